The molecule has 0 saturated heterocycles. The topological polar surface area (TPSA) is 62.0 Å². The van der Waals surface area contributed by atoms with Crippen LogP contribution in [0.4, 0.5) is 5.69 Å². The first kappa shape index (κ1) is 18.1. The van der Waals surface area contributed by atoms with Crippen LogP contribution in [0.15, 0.2) is 47.3 Å². The first-order chi connectivity index (χ1) is 13.0. The third-order valence-electron chi connectivity index (χ3n) is 5.04. The van der Waals surface area contributed by atoms with Gasteiger partial charge in [-0.15, -0.1) is 0 Å². The zero-order chi connectivity index (χ0) is 19.1. The van der Waals surface area contributed by atoms with E-state index in [0.717, 1.165) is 29.6 Å². The second kappa shape index (κ2) is 7.02. The smallest absolute Gasteiger partial charge is 0.228 e. The number of H-pyrrole nitrogens is 1. The molecular weight excluding hydrogens is 383 g/mol. The summed E-state index contributed by atoms with van der Waals surface area (Å²) in [5, 5.41) is 4.50. The largest absolute Gasteiger partial charge is 0.358 e. The van der Waals surface area contributed by atoms with Gasteiger partial charge in [-0.2, -0.15) is 0 Å². The van der Waals surface area contributed by atoms with Gasteiger partial charge in [-0.3, -0.25) is 9.59 Å². The van der Waals surface area contributed by atoms with E-state index in [-0.39, 0.29) is 23.2 Å². The van der Waals surface area contributed by atoms with Crippen LogP contribution >= 0.6 is 23.2 Å². The van der Waals surface area contributed by atoms with Crippen molar-refractivity contribution in [2.75, 3.05) is 5.32 Å². The van der Waals surface area contributed by atoms with E-state index < -0.39 is 0 Å². The van der Waals surface area contributed by atoms with Crippen LogP contribution < -0.4 is 10.7 Å². The van der Waals surface area contributed by atoms with Gasteiger partial charge in [0.2, 0.25) is 5.91 Å². The Morgan fingerprint density at radius 2 is 2.04 bits per heavy atom. The third kappa shape index (κ3) is 3.47. The SMILES string of the molecule is CCc1cc(=O)c2cc(NC(=O)[C@H]3C[C@H]3c3cccc(Cl)c3Cl)ccc2[nH]1. The van der Waals surface area contributed by atoms with Crippen LogP contribution in [0.5, 0.6) is 0 Å². The van der Waals surface area contributed by atoms with E-state index in [1.165, 1.54) is 0 Å². The number of carbonyl (C=O) groups is 1. The minimum Gasteiger partial charge on any atom is -0.358 e. The van der Waals surface area contributed by atoms with E-state index in [9.17, 15) is 9.59 Å². The molecule has 1 aromatic heterocycles. The molecule has 4 rings (SSSR count). The van der Waals surface area contributed by atoms with E-state index >= 15 is 0 Å². The van der Waals surface area contributed by atoms with Crippen LogP contribution in [0.1, 0.15) is 30.5 Å². The van der Waals surface area contributed by atoms with E-state index in [4.69, 9.17) is 23.2 Å². The standard InChI is InChI=1S/C21H18Cl2N2O2/c1-2-11-9-19(26)16-8-12(6-7-18(16)24-11)25-21(27)15-10-14(15)13-4-3-5-17(22)20(13)23/h3-9,14-15H,2,10H2,1H3,(H,24,26)(H,25,27)/t14-,15-/m0/s1. The van der Waals surface area contributed by atoms with Gasteiger partial charge in [0.25, 0.3) is 0 Å². The summed E-state index contributed by atoms with van der Waals surface area (Å²) in [6.07, 6.45) is 1.50. The summed E-state index contributed by atoms with van der Waals surface area (Å²) < 4.78 is 0. The Morgan fingerprint density at radius 1 is 1.22 bits per heavy atom. The van der Waals surface area contributed by atoms with Crippen molar-refractivity contribution < 1.29 is 4.79 Å². The van der Waals surface area contributed by atoms with Crippen molar-refractivity contribution in [3.63, 3.8) is 0 Å². The summed E-state index contributed by atoms with van der Waals surface area (Å²) in [7, 11) is 0. The molecule has 3 aromatic rings. The molecule has 0 aliphatic heterocycles. The summed E-state index contributed by atoms with van der Waals surface area (Å²) in [5.74, 6) is -0.137. The lowest BCUT2D eigenvalue weighted by Crippen LogP contribution is -2.15. The van der Waals surface area contributed by atoms with Crippen molar-refractivity contribution >= 4 is 45.7 Å². The van der Waals surface area contributed by atoms with Gasteiger partial charge in [-0.05, 0) is 48.6 Å². The highest BCUT2D eigenvalue weighted by Crippen LogP contribution is 2.51. The van der Waals surface area contributed by atoms with Gasteiger partial charge in [0.05, 0.1) is 10.0 Å². The molecular formula is C21H18Cl2N2O2. The Kier molecular flexibility index (Phi) is 4.70. The Bertz CT molecular complexity index is 1110. The molecule has 2 aromatic carbocycles. The number of pyridine rings is 1. The van der Waals surface area contributed by atoms with Crippen molar-refractivity contribution in [3.8, 4) is 0 Å². The highest BCUT2D eigenvalue weighted by molar-refractivity contribution is 6.42. The predicted octanol–water partition coefficient (Wildman–Crippen LogP) is 5.14. The van der Waals surface area contributed by atoms with Gasteiger partial charge in [0.15, 0.2) is 5.43 Å². The number of carbonyl (C=O) groups excluding carboxylic acids is 1. The summed E-state index contributed by atoms with van der Waals surface area (Å²) in [6, 6.07) is 12.4. The number of rotatable bonds is 4. The second-order valence-electron chi connectivity index (χ2n) is 6.85. The lowest BCUT2D eigenvalue weighted by atomic mass is 10.1. The highest BCUT2D eigenvalue weighted by Gasteiger charge is 2.45. The van der Waals surface area contributed by atoms with Crippen LogP contribution in [0, 0.1) is 5.92 Å². The van der Waals surface area contributed by atoms with Gasteiger partial charge < -0.3 is 10.3 Å². The zero-order valence-corrected chi connectivity index (χ0v) is 16.2. The highest BCUT2D eigenvalue weighted by atomic mass is 35.5. The Labute approximate surface area is 166 Å². The van der Waals surface area contributed by atoms with E-state index in [2.05, 4.69) is 10.3 Å². The average Bonchev–Trinajstić information content (AvgIpc) is 3.45. The molecule has 1 saturated carbocycles. The fourth-order valence-electron chi connectivity index (χ4n) is 3.44. The van der Waals surface area contributed by atoms with Crippen molar-refractivity contribution in [2.24, 2.45) is 5.92 Å². The lowest BCUT2D eigenvalue weighted by Gasteiger charge is -2.08. The number of hydrogen-bond donors (Lipinski definition) is 2. The first-order valence-electron chi connectivity index (χ1n) is 8.88. The van der Waals surface area contributed by atoms with Gasteiger partial charge in [0, 0.05) is 34.3 Å². The number of nitrogens with one attached hydrogen (secondary N) is 2. The number of aromatic nitrogens is 1. The lowest BCUT2D eigenvalue weighted by molar-refractivity contribution is -0.117. The normalized spacial score (nSPS) is 18.5. The summed E-state index contributed by atoms with van der Waals surface area (Å²) in [5.41, 5.74) is 3.14. The average molecular weight is 401 g/mol. The molecule has 1 aliphatic carbocycles. The number of fused-ring (bicyclic) bond motifs is 1. The Hall–Kier alpha value is -2.30. The molecule has 27 heavy (non-hydrogen) atoms. The van der Waals surface area contributed by atoms with Gasteiger partial charge >= 0.3 is 0 Å². The fourth-order valence-corrected chi connectivity index (χ4v) is 3.89. The molecule has 1 heterocycles. The number of aryl methyl sites for hydroxylation is 1. The quantitative estimate of drug-likeness (QED) is 0.636. The van der Waals surface area contributed by atoms with Crippen molar-refractivity contribution in [1.29, 1.82) is 0 Å². The molecule has 138 valence electrons. The minimum atomic E-state index is -0.141. The maximum absolute atomic E-state index is 12.6. The maximum atomic E-state index is 12.6. The van der Waals surface area contributed by atoms with Gasteiger partial charge in [0.1, 0.15) is 0 Å². The maximum Gasteiger partial charge on any atom is 0.228 e. The Morgan fingerprint density at radius 3 is 2.81 bits per heavy atom. The molecule has 0 spiro atoms. The molecule has 4 nitrogen and oxygen atoms in total. The number of anilines is 1. The first-order valence-corrected chi connectivity index (χ1v) is 9.64. The molecule has 1 amide bonds. The molecule has 2 atom stereocenters. The third-order valence-corrected chi connectivity index (χ3v) is 5.88. The summed E-state index contributed by atoms with van der Waals surface area (Å²) in [4.78, 5) is 28.1. The molecule has 0 radical (unpaired) electrons. The van der Waals surface area contributed by atoms with Gasteiger partial charge in [-0.1, -0.05) is 42.3 Å². The number of benzene rings is 2. The molecule has 0 unspecified atom stereocenters. The molecule has 1 fully saturated rings. The second-order valence-corrected chi connectivity index (χ2v) is 7.64. The zero-order valence-electron chi connectivity index (χ0n) is 14.7. The van der Waals surface area contributed by atoms with Crippen LogP contribution in [-0.2, 0) is 11.2 Å². The van der Waals surface area contributed by atoms with Crippen molar-refractivity contribution in [3.05, 3.63) is 74.0 Å². The number of halogens is 2. The molecule has 1 aliphatic rings. The van der Waals surface area contributed by atoms with Crippen LogP contribution in [0.2, 0.25) is 10.0 Å². The van der Waals surface area contributed by atoms with E-state index in [1.54, 1.807) is 24.3 Å². The van der Waals surface area contributed by atoms with Crippen LogP contribution in [-0.4, -0.2) is 10.9 Å². The van der Waals surface area contributed by atoms with Crippen molar-refractivity contribution in [1.82, 2.24) is 4.98 Å². The molecule has 6 heteroatoms. The van der Waals surface area contributed by atoms with Crippen LogP contribution in [0.3, 0.4) is 0 Å². The predicted molar refractivity (Wildman–Crippen MR) is 110 cm³/mol. The minimum absolute atomic E-state index is 0.0493. The fraction of sp³-hybridized carbons (Fsp3) is 0.238. The number of amides is 1. The van der Waals surface area contributed by atoms with Crippen molar-refractivity contribution in [2.45, 2.75) is 25.7 Å². The van der Waals surface area contributed by atoms with E-state index in [1.807, 2.05) is 25.1 Å². The number of hydrogen-bond acceptors (Lipinski definition) is 2. The van der Waals surface area contributed by atoms with Crippen LogP contribution in [0.25, 0.3) is 10.9 Å². The number of aromatic amines is 1. The Balaban J connectivity index is 1.53. The van der Waals surface area contributed by atoms with Gasteiger partial charge in [-0.25, -0.2) is 0 Å². The molecule has 0 bridgehead atoms. The summed E-state index contributed by atoms with van der Waals surface area (Å²) in [6.45, 7) is 1.99. The van der Waals surface area contributed by atoms with E-state index in [0.29, 0.717) is 21.1 Å². The summed E-state index contributed by atoms with van der Waals surface area (Å²) >= 11 is 12.3. The monoisotopic (exact) mass is 400 g/mol. The molecule has 2 N–H and O–H groups in total.